The van der Waals surface area contributed by atoms with Crippen LogP contribution in [0.15, 0.2) is 17.2 Å². The van der Waals surface area contributed by atoms with E-state index < -0.39 is 10.0 Å². The first kappa shape index (κ1) is 15.5. The lowest BCUT2D eigenvalue weighted by Gasteiger charge is -2.26. The van der Waals surface area contributed by atoms with Gasteiger partial charge in [-0.05, 0) is 6.07 Å². The number of nitrogens with one attached hydrogen (secondary N) is 1. The molecule has 1 saturated heterocycles. The highest BCUT2D eigenvalue weighted by molar-refractivity contribution is 7.89. The first-order valence-electron chi connectivity index (χ1n) is 6.20. The van der Waals surface area contributed by atoms with Crippen LogP contribution in [0.5, 0.6) is 0 Å². The monoisotopic (exact) mass is 320 g/mol. The van der Waals surface area contributed by atoms with Crippen LogP contribution < -0.4 is 10.5 Å². The molecule has 1 aliphatic heterocycles. The SMILES string of the molecule is Nc1ncc(S(=O)(=O)NCCN2CCOCC2)cc1Cl. The van der Waals surface area contributed by atoms with Gasteiger partial charge in [-0.2, -0.15) is 0 Å². The molecule has 0 unspecified atom stereocenters. The van der Waals surface area contributed by atoms with Crippen molar-refractivity contribution >= 4 is 27.4 Å². The smallest absolute Gasteiger partial charge is 0.242 e. The summed E-state index contributed by atoms with van der Waals surface area (Å²) in [7, 11) is -3.61. The van der Waals surface area contributed by atoms with E-state index in [1.807, 2.05) is 0 Å². The Labute approximate surface area is 123 Å². The van der Waals surface area contributed by atoms with Crippen molar-refractivity contribution in [2.75, 3.05) is 45.1 Å². The van der Waals surface area contributed by atoms with Crippen LogP contribution in [-0.2, 0) is 14.8 Å². The summed E-state index contributed by atoms with van der Waals surface area (Å²) in [6.07, 6.45) is 1.19. The number of nitrogens with zero attached hydrogens (tertiary/aromatic N) is 2. The van der Waals surface area contributed by atoms with Crippen molar-refractivity contribution in [3.8, 4) is 0 Å². The van der Waals surface area contributed by atoms with Crippen molar-refractivity contribution in [3.05, 3.63) is 17.3 Å². The number of nitrogen functional groups attached to an aromatic ring is 1. The fraction of sp³-hybridized carbons (Fsp3) is 0.545. The lowest BCUT2D eigenvalue weighted by molar-refractivity contribution is 0.0390. The second-order valence-corrected chi connectivity index (χ2v) is 6.56. The molecule has 7 nitrogen and oxygen atoms in total. The molecular formula is C11H17ClN4O3S. The molecule has 0 atom stereocenters. The average Bonchev–Trinajstić information content (AvgIpc) is 2.43. The molecule has 0 aliphatic carbocycles. The number of hydrogen-bond acceptors (Lipinski definition) is 6. The Bertz CT molecular complexity index is 561. The average molecular weight is 321 g/mol. The van der Waals surface area contributed by atoms with Gasteiger partial charge < -0.3 is 10.5 Å². The summed E-state index contributed by atoms with van der Waals surface area (Å²) in [6, 6.07) is 1.29. The van der Waals surface area contributed by atoms with Crippen molar-refractivity contribution in [3.63, 3.8) is 0 Å². The summed E-state index contributed by atoms with van der Waals surface area (Å²) in [4.78, 5) is 5.89. The van der Waals surface area contributed by atoms with Crippen LogP contribution in [0.25, 0.3) is 0 Å². The third-order valence-electron chi connectivity index (χ3n) is 2.98. The third-order valence-corrected chi connectivity index (χ3v) is 4.71. The Kier molecular flexibility index (Phi) is 5.17. The second kappa shape index (κ2) is 6.68. The number of rotatable bonds is 5. The molecule has 1 aromatic heterocycles. The number of pyridine rings is 1. The molecule has 0 saturated carbocycles. The standard InChI is InChI=1S/C11H17ClN4O3S/c12-10-7-9(8-14-11(10)13)20(17,18)15-1-2-16-3-5-19-6-4-16/h7-8,15H,1-6H2,(H2,13,14). The van der Waals surface area contributed by atoms with Crippen LogP contribution in [0.4, 0.5) is 5.82 Å². The van der Waals surface area contributed by atoms with Crippen molar-refractivity contribution < 1.29 is 13.2 Å². The molecule has 0 spiro atoms. The van der Waals surface area contributed by atoms with E-state index in [2.05, 4.69) is 14.6 Å². The number of sulfonamides is 1. The van der Waals surface area contributed by atoms with Crippen LogP contribution in [0, 0.1) is 0 Å². The van der Waals surface area contributed by atoms with E-state index in [9.17, 15) is 8.42 Å². The van der Waals surface area contributed by atoms with Crippen LogP contribution in [0.1, 0.15) is 0 Å². The Balaban J connectivity index is 1.91. The van der Waals surface area contributed by atoms with Gasteiger partial charge in [-0.1, -0.05) is 11.6 Å². The van der Waals surface area contributed by atoms with E-state index in [4.69, 9.17) is 22.1 Å². The number of nitrogens with two attached hydrogens (primary N) is 1. The van der Waals surface area contributed by atoms with Gasteiger partial charge in [0.05, 0.1) is 18.2 Å². The topological polar surface area (TPSA) is 97.5 Å². The van der Waals surface area contributed by atoms with Gasteiger partial charge in [0.15, 0.2) is 0 Å². The summed E-state index contributed by atoms with van der Waals surface area (Å²) in [5, 5.41) is 0.126. The Hall–Kier alpha value is -0.930. The molecule has 9 heteroatoms. The minimum absolute atomic E-state index is 0.0127. The molecule has 112 valence electrons. The van der Waals surface area contributed by atoms with Crippen molar-refractivity contribution in [2.24, 2.45) is 0 Å². The zero-order valence-electron chi connectivity index (χ0n) is 10.9. The molecule has 3 N–H and O–H groups in total. The van der Waals surface area contributed by atoms with Gasteiger partial charge in [0, 0.05) is 32.4 Å². The molecule has 1 aromatic rings. The van der Waals surface area contributed by atoms with Gasteiger partial charge in [-0.25, -0.2) is 18.1 Å². The van der Waals surface area contributed by atoms with Gasteiger partial charge in [0.2, 0.25) is 10.0 Å². The molecule has 2 rings (SSSR count). The first-order chi connectivity index (χ1) is 9.49. The fourth-order valence-corrected chi connectivity index (χ4v) is 3.05. The largest absolute Gasteiger partial charge is 0.382 e. The molecular weight excluding hydrogens is 304 g/mol. The van der Waals surface area contributed by atoms with E-state index in [0.29, 0.717) is 26.3 Å². The zero-order chi connectivity index (χ0) is 14.6. The van der Waals surface area contributed by atoms with Crippen molar-refractivity contribution in [1.82, 2.24) is 14.6 Å². The highest BCUT2D eigenvalue weighted by Gasteiger charge is 2.17. The molecule has 2 heterocycles. The summed E-state index contributed by atoms with van der Waals surface area (Å²) < 4.78 is 31.8. The normalized spacial score (nSPS) is 17.2. The summed E-state index contributed by atoms with van der Waals surface area (Å²) >= 11 is 5.77. The molecule has 1 aliphatic rings. The van der Waals surface area contributed by atoms with E-state index in [1.165, 1.54) is 12.3 Å². The maximum absolute atomic E-state index is 12.0. The van der Waals surface area contributed by atoms with Crippen LogP contribution >= 0.6 is 11.6 Å². The first-order valence-corrected chi connectivity index (χ1v) is 8.06. The lowest BCUT2D eigenvalue weighted by Crippen LogP contribution is -2.41. The molecule has 0 radical (unpaired) electrons. The Morgan fingerprint density at radius 3 is 2.80 bits per heavy atom. The van der Waals surface area contributed by atoms with Crippen LogP contribution in [0.3, 0.4) is 0 Å². The van der Waals surface area contributed by atoms with E-state index in [1.54, 1.807) is 0 Å². The number of aromatic nitrogens is 1. The van der Waals surface area contributed by atoms with E-state index in [-0.39, 0.29) is 15.7 Å². The minimum atomic E-state index is -3.61. The summed E-state index contributed by atoms with van der Waals surface area (Å²) in [5.74, 6) is 0.110. The number of halogens is 1. The molecule has 0 bridgehead atoms. The quantitative estimate of drug-likeness (QED) is 0.788. The number of anilines is 1. The molecule has 1 fully saturated rings. The highest BCUT2D eigenvalue weighted by Crippen LogP contribution is 2.19. The van der Waals surface area contributed by atoms with Crippen LogP contribution in [-0.4, -0.2) is 57.7 Å². The number of hydrogen-bond donors (Lipinski definition) is 2. The maximum atomic E-state index is 12.0. The predicted molar refractivity (Wildman–Crippen MR) is 76.1 cm³/mol. The molecule has 0 aromatic carbocycles. The maximum Gasteiger partial charge on any atom is 0.242 e. The van der Waals surface area contributed by atoms with Gasteiger partial charge in [0.1, 0.15) is 10.7 Å². The predicted octanol–water partition coefficient (Wildman–Crippen LogP) is -0.0723. The minimum Gasteiger partial charge on any atom is -0.382 e. The summed E-state index contributed by atoms with van der Waals surface area (Å²) in [6.45, 7) is 3.96. The van der Waals surface area contributed by atoms with Gasteiger partial charge in [-0.15, -0.1) is 0 Å². The van der Waals surface area contributed by atoms with E-state index in [0.717, 1.165) is 13.1 Å². The Morgan fingerprint density at radius 2 is 2.15 bits per heavy atom. The van der Waals surface area contributed by atoms with Gasteiger partial charge >= 0.3 is 0 Å². The molecule has 20 heavy (non-hydrogen) atoms. The van der Waals surface area contributed by atoms with Crippen LogP contribution in [0.2, 0.25) is 5.02 Å². The zero-order valence-corrected chi connectivity index (χ0v) is 12.5. The molecule has 0 amide bonds. The lowest BCUT2D eigenvalue weighted by atomic mass is 10.4. The fourth-order valence-electron chi connectivity index (χ4n) is 1.82. The van der Waals surface area contributed by atoms with Gasteiger partial charge in [0.25, 0.3) is 0 Å². The number of morpholine rings is 1. The number of ether oxygens (including phenoxy) is 1. The Morgan fingerprint density at radius 1 is 1.45 bits per heavy atom. The summed E-state index contributed by atoms with van der Waals surface area (Å²) in [5.41, 5.74) is 5.45. The van der Waals surface area contributed by atoms with Gasteiger partial charge in [-0.3, -0.25) is 4.90 Å². The second-order valence-electron chi connectivity index (χ2n) is 4.39. The van der Waals surface area contributed by atoms with Crippen molar-refractivity contribution in [1.29, 1.82) is 0 Å². The third kappa shape index (κ3) is 4.03. The highest BCUT2D eigenvalue weighted by atomic mass is 35.5. The van der Waals surface area contributed by atoms with Crippen molar-refractivity contribution in [2.45, 2.75) is 4.90 Å². The van der Waals surface area contributed by atoms with E-state index >= 15 is 0 Å².